The first kappa shape index (κ1) is 14.9. The summed E-state index contributed by atoms with van der Waals surface area (Å²) in [5.41, 5.74) is 4.69. The molecule has 3 rings (SSSR count). The Morgan fingerprint density at radius 1 is 1.14 bits per heavy atom. The lowest BCUT2D eigenvalue weighted by Gasteiger charge is -2.16. The molecule has 0 heterocycles. The van der Waals surface area contributed by atoms with Gasteiger partial charge in [0.05, 0.1) is 6.04 Å². The van der Waals surface area contributed by atoms with Crippen LogP contribution in [0.25, 0.3) is 0 Å². The van der Waals surface area contributed by atoms with Crippen LogP contribution in [0.1, 0.15) is 36.1 Å². The number of benzene rings is 2. The maximum atomic E-state index is 12.1. The van der Waals surface area contributed by atoms with Gasteiger partial charge < -0.3 is 10.6 Å². The number of carbonyl (C=O) groups is 1. The van der Waals surface area contributed by atoms with Crippen LogP contribution in [0.4, 0.5) is 10.5 Å². The number of nitrogens with one attached hydrogen (secondary N) is 2. The molecule has 0 aromatic heterocycles. The highest BCUT2D eigenvalue weighted by molar-refractivity contribution is 6.30. The summed E-state index contributed by atoms with van der Waals surface area (Å²) < 4.78 is 0. The van der Waals surface area contributed by atoms with Crippen LogP contribution in [0, 0.1) is 0 Å². The van der Waals surface area contributed by atoms with Crippen LogP contribution in [0.5, 0.6) is 0 Å². The molecular formula is C18H19ClN2O. The van der Waals surface area contributed by atoms with Crippen LogP contribution in [0.2, 0.25) is 5.02 Å². The van der Waals surface area contributed by atoms with Crippen molar-refractivity contribution in [2.24, 2.45) is 0 Å². The van der Waals surface area contributed by atoms with Crippen LogP contribution in [0.15, 0.2) is 42.5 Å². The molecular weight excluding hydrogens is 296 g/mol. The summed E-state index contributed by atoms with van der Waals surface area (Å²) in [5, 5.41) is 6.36. The minimum Gasteiger partial charge on any atom is -0.331 e. The zero-order chi connectivity index (χ0) is 15.5. The van der Waals surface area contributed by atoms with Crippen molar-refractivity contribution < 1.29 is 4.79 Å². The van der Waals surface area contributed by atoms with Gasteiger partial charge in [0.1, 0.15) is 0 Å². The monoisotopic (exact) mass is 314 g/mol. The Hall–Kier alpha value is -2.00. The minimum absolute atomic E-state index is 0.0370. The lowest BCUT2D eigenvalue weighted by atomic mass is 10.0. The average Bonchev–Trinajstić information content (AvgIpc) is 2.94. The fraction of sp³-hybridized carbons (Fsp3) is 0.278. The molecule has 22 heavy (non-hydrogen) atoms. The summed E-state index contributed by atoms with van der Waals surface area (Å²) in [6, 6.07) is 13.4. The maximum Gasteiger partial charge on any atom is 0.319 e. The van der Waals surface area contributed by atoms with Crippen LogP contribution in [-0.2, 0) is 12.8 Å². The summed E-state index contributed by atoms with van der Waals surface area (Å²) >= 11 is 5.91. The van der Waals surface area contributed by atoms with E-state index in [1.165, 1.54) is 24.0 Å². The fourth-order valence-electron chi connectivity index (χ4n) is 2.87. The number of hydrogen-bond acceptors (Lipinski definition) is 1. The van der Waals surface area contributed by atoms with E-state index in [1.54, 1.807) is 12.1 Å². The molecule has 2 N–H and O–H groups in total. The van der Waals surface area contributed by atoms with Crippen molar-refractivity contribution in [3.05, 3.63) is 64.2 Å². The molecule has 1 aliphatic carbocycles. The first-order valence-corrected chi connectivity index (χ1v) is 7.94. The Morgan fingerprint density at radius 3 is 2.77 bits per heavy atom. The summed E-state index contributed by atoms with van der Waals surface area (Å²) in [7, 11) is 0. The molecule has 114 valence electrons. The molecule has 1 aliphatic rings. The van der Waals surface area contributed by atoms with E-state index in [-0.39, 0.29) is 12.1 Å². The quantitative estimate of drug-likeness (QED) is 0.846. The third kappa shape index (κ3) is 3.42. The predicted molar refractivity (Wildman–Crippen MR) is 90.5 cm³/mol. The second-order valence-corrected chi connectivity index (χ2v) is 6.15. The van der Waals surface area contributed by atoms with Gasteiger partial charge in [0, 0.05) is 10.7 Å². The largest absolute Gasteiger partial charge is 0.331 e. The van der Waals surface area contributed by atoms with Gasteiger partial charge in [0.2, 0.25) is 0 Å². The van der Waals surface area contributed by atoms with Gasteiger partial charge >= 0.3 is 6.03 Å². The highest BCUT2D eigenvalue weighted by Crippen LogP contribution is 2.25. The Labute approximate surface area is 135 Å². The molecule has 2 aromatic carbocycles. The molecule has 1 atom stereocenters. The summed E-state index contributed by atoms with van der Waals surface area (Å²) in [4.78, 5) is 12.1. The first-order chi connectivity index (χ1) is 10.6. The van der Waals surface area contributed by atoms with E-state index in [4.69, 9.17) is 11.6 Å². The number of urea groups is 1. The molecule has 3 nitrogen and oxygen atoms in total. The van der Waals surface area contributed by atoms with Crippen LogP contribution in [0.3, 0.4) is 0 Å². The van der Waals surface area contributed by atoms with Crippen molar-refractivity contribution in [2.45, 2.75) is 32.2 Å². The standard InChI is InChI=1S/C18H19ClN2O/c1-12(14-9-8-13-4-2-5-15(13)10-14)20-18(22)21-17-7-3-6-16(19)11-17/h3,6-12H,2,4-5H2,1H3,(H2,20,21,22)/t12-/m1/s1. The van der Waals surface area contributed by atoms with Crippen molar-refractivity contribution in [1.29, 1.82) is 0 Å². The minimum atomic E-state index is -0.227. The van der Waals surface area contributed by atoms with Crippen LogP contribution >= 0.6 is 11.6 Å². The van der Waals surface area contributed by atoms with Gasteiger partial charge in [-0.15, -0.1) is 0 Å². The van der Waals surface area contributed by atoms with E-state index < -0.39 is 0 Å². The van der Waals surface area contributed by atoms with Crippen molar-refractivity contribution in [3.63, 3.8) is 0 Å². The maximum absolute atomic E-state index is 12.1. The van der Waals surface area contributed by atoms with Crippen molar-refractivity contribution >= 4 is 23.3 Å². The van der Waals surface area contributed by atoms with Gasteiger partial charge in [-0.2, -0.15) is 0 Å². The third-order valence-corrected chi connectivity index (χ3v) is 4.29. The number of rotatable bonds is 3. The number of aryl methyl sites for hydroxylation is 2. The second kappa shape index (κ2) is 6.41. The number of fused-ring (bicyclic) bond motifs is 1. The number of amides is 2. The van der Waals surface area contributed by atoms with Gasteiger partial charge in [-0.25, -0.2) is 4.79 Å². The second-order valence-electron chi connectivity index (χ2n) is 5.71. The van der Waals surface area contributed by atoms with Crippen LogP contribution < -0.4 is 10.6 Å². The van der Waals surface area contributed by atoms with E-state index >= 15 is 0 Å². The summed E-state index contributed by atoms with van der Waals surface area (Å²) in [6.07, 6.45) is 3.55. The number of anilines is 1. The van der Waals surface area contributed by atoms with E-state index in [9.17, 15) is 4.79 Å². The number of carbonyl (C=O) groups excluding carboxylic acids is 1. The molecule has 2 amide bonds. The average molecular weight is 315 g/mol. The normalized spacial score (nSPS) is 14.3. The van der Waals surface area contributed by atoms with Crippen molar-refractivity contribution in [3.8, 4) is 0 Å². The Kier molecular flexibility index (Phi) is 4.34. The molecule has 0 saturated heterocycles. The molecule has 0 saturated carbocycles. The molecule has 0 fully saturated rings. The van der Waals surface area contributed by atoms with Gasteiger partial charge in [-0.3, -0.25) is 0 Å². The fourth-order valence-corrected chi connectivity index (χ4v) is 3.06. The first-order valence-electron chi connectivity index (χ1n) is 7.56. The van der Waals surface area contributed by atoms with E-state index in [0.717, 1.165) is 12.0 Å². The number of hydrogen-bond donors (Lipinski definition) is 2. The van der Waals surface area contributed by atoms with Crippen LogP contribution in [-0.4, -0.2) is 6.03 Å². The molecule has 0 aliphatic heterocycles. The van der Waals surface area contributed by atoms with Gasteiger partial charge in [0.15, 0.2) is 0 Å². The van der Waals surface area contributed by atoms with E-state index in [1.807, 2.05) is 19.1 Å². The van der Waals surface area contributed by atoms with Gasteiger partial charge in [0.25, 0.3) is 0 Å². The van der Waals surface area contributed by atoms with E-state index in [2.05, 4.69) is 28.8 Å². The SMILES string of the molecule is C[C@@H](NC(=O)Nc1cccc(Cl)c1)c1ccc2c(c1)CCC2. The zero-order valence-corrected chi connectivity index (χ0v) is 13.3. The molecule has 0 unspecified atom stereocenters. The molecule has 2 aromatic rings. The highest BCUT2D eigenvalue weighted by Gasteiger charge is 2.15. The van der Waals surface area contributed by atoms with Crippen molar-refractivity contribution in [2.75, 3.05) is 5.32 Å². The topological polar surface area (TPSA) is 41.1 Å². The predicted octanol–water partition coefficient (Wildman–Crippen LogP) is 4.71. The zero-order valence-electron chi connectivity index (χ0n) is 12.5. The highest BCUT2D eigenvalue weighted by atomic mass is 35.5. The number of halogens is 1. The summed E-state index contributed by atoms with van der Waals surface area (Å²) in [5.74, 6) is 0. The van der Waals surface area contributed by atoms with E-state index in [0.29, 0.717) is 10.7 Å². The molecule has 0 spiro atoms. The third-order valence-electron chi connectivity index (χ3n) is 4.05. The lowest BCUT2D eigenvalue weighted by Crippen LogP contribution is -2.31. The van der Waals surface area contributed by atoms with Gasteiger partial charge in [-0.1, -0.05) is 35.9 Å². The Balaban J connectivity index is 1.63. The Bertz CT molecular complexity index is 699. The molecule has 0 bridgehead atoms. The summed E-state index contributed by atoms with van der Waals surface area (Å²) in [6.45, 7) is 1.99. The molecule has 0 radical (unpaired) electrons. The smallest absolute Gasteiger partial charge is 0.319 e. The Morgan fingerprint density at radius 2 is 1.95 bits per heavy atom. The van der Waals surface area contributed by atoms with Crippen molar-refractivity contribution in [1.82, 2.24) is 5.32 Å². The molecule has 4 heteroatoms. The lowest BCUT2D eigenvalue weighted by molar-refractivity contribution is 0.249. The van der Waals surface area contributed by atoms with Gasteiger partial charge in [-0.05, 0) is 61.1 Å².